The molecule has 0 spiro atoms. The van der Waals surface area contributed by atoms with E-state index in [4.69, 9.17) is 5.73 Å². The molecule has 3 nitrogen and oxygen atoms in total. The highest BCUT2D eigenvalue weighted by molar-refractivity contribution is 5.82. The predicted molar refractivity (Wildman–Crippen MR) is 46.5 cm³/mol. The molecule has 2 N–H and O–H groups in total. The predicted octanol–water partition coefficient (Wildman–Crippen LogP) is 0.265. The quantitative estimate of drug-likeness (QED) is 0.598. The Morgan fingerprint density at radius 3 is 2.83 bits per heavy atom. The molecule has 2 aliphatic rings. The van der Waals surface area contributed by atoms with Crippen LogP contribution in [0.3, 0.4) is 0 Å². The van der Waals surface area contributed by atoms with Crippen LogP contribution in [0, 0.1) is 0 Å². The summed E-state index contributed by atoms with van der Waals surface area (Å²) in [5.74, 6) is -0.210. The summed E-state index contributed by atoms with van der Waals surface area (Å²) < 4.78 is 0. The van der Waals surface area contributed by atoms with Crippen molar-refractivity contribution in [2.75, 3.05) is 6.54 Å². The molecule has 1 saturated carbocycles. The number of nitrogens with zero attached hydrogens (tertiary/aromatic N) is 1. The Morgan fingerprint density at radius 2 is 2.25 bits per heavy atom. The first-order chi connectivity index (χ1) is 5.79. The largest absolute Gasteiger partial charge is 0.368 e. The Balaban J connectivity index is 2.09. The topological polar surface area (TPSA) is 46.3 Å². The molecule has 0 aromatic carbocycles. The molecule has 1 heterocycles. The molecule has 0 bridgehead atoms. The van der Waals surface area contributed by atoms with Gasteiger partial charge in [-0.15, -0.1) is 0 Å². The molecular weight excluding hydrogens is 152 g/mol. The molecule has 1 aliphatic carbocycles. The molecule has 1 unspecified atom stereocenters. The van der Waals surface area contributed by atoms with Gasteiger partial charge in [0.15, 0.2) is 0 Å². The van der Waals surface area contributed by atoms with Crippen molar-refractivity contribution >= 4 is 5.91 Å². The number of hydrogen-bond acceptors (Lipinski definition) is 2. The molecule has 0 saturated heterocycles. The minimum atomic E-state index is -0.210. The van der Waals surface area contributed by atoms with Crippen molar-refractivity contribution in [3.05, 3.63) is 12.2 Å². The second-order valence-corrected chi connectivity index (χ2v) is 3.53. The monoisotopic (exact) mass is 166 g/mol. The van der Waals surface area contributed by atoms with Crippen LogP contribution in [0.25, 0.3) is 0 Å². The van der Waals surface area contributed by atoms with Crippen LogP contribution in [-0.2, 0) is 4.79 Å². The highest BCUT2D eigenvalue weighted by Crippen LogP contribution is 2.30. The van der Waals surface area contributed by atoms with Gasteiger partial charge in [-0.1, -0.05) is 12.2 Å². The standard InChI is InChI=1S/C9H14N2O/c10-9(12)8-3-1-2-6-11(8)7-4-5-7/h1,3,7-8H,2,4-6H2,(H2,10,12). The lowest BCUT2D eigenvalue weighted by Crippen LogP contribution is -2.46. The van der Waals surface area contributed by atoms with Gasteiger partial charge >= 0.3 is 0 Å². The molecule has 2 rings (SSSR count). The van der Waals surface area contributed by atoms with Crippen molar-refractivity contribution in [1.82, 2.24) is 4.90 Å². The summed E-state index contributed by atoms with van der Waals surface area (Å²) in [5.41, 5.74) is 5.29. The third kappa shape index (κ3) is 1.37. The van der Waals surface area contributed by atoms with Crippen molar-refractivity contribution in [2.45, 2.75) is 31.3 Å². The molecular formula is C9H14N2O. The summed E-state index contributed by atoms with van der Waals surface area (Å²) in [7, 11) is 0. The summed E-state index contributed by atoms with van der Waals surface area (Å²) in [6, 6.07) is 0.499. The zero-order valence-corrected chi connectivity index (χ0v) is 7.07. The van der Waals surface area contributed by atoms with E-state index in [0.717, 1.165) is 13.0 Å². The number of nitrogens with two attached hydrogens (primary N) is 1. The maximum absolute atomic E-state index is 11.0. The summed E-state index contributed by atoms with van der Waals surface area (Å²) in [5, 5.41) is 0. The molecule has 1 amide bonds. The van der Waals surface area contributed by atoms with Crippen molar-refractivity contribution < 1.29 is 4.79 Å². The Kier molecular flexibility index (Phi) is 1.89. The van der Waals surface area contributed by atoms with Gasteiger partial charge in [-0.3, -0.25) is 9.69 Å². The van der Waals surface area contributed by atoms with Crippen LogP contribution in [0.5, 0.6) is 0 Å². The van der Waals surface area contributed by atoms with Gasteiger partial charge in [0, 0.05) is 12.6 Å². The molecule has 66 valence electrons. The maximum atomic E-state index is 11.0. The van der Waals surface area contributed by atoms with E-state index in [1.165, 1.54) is 12.8 Å². The minimum absolute atomic E-state index is 0.133. The zero-order chi connectivity index (χ0) is 8.55. The average molecular weight is 166 g/mol. The highest BCUT2D eigenvalue weighted by Gasteiger charge is 2.35. The van der Waals surface area contributed by atoms with E-state index >= 15 is 0 Å². The molecule has 1 aliphatic heterocycles. The SMILES string of the molecule is NC(=O)C1C=CCCN1C1CC1. The Hall–Kier alpha value is -0.830. The van der Waals surface area contributed by atoms with E-state index in [0.29, 0.717) is 6.04 Å². The van der Waals surface area contributed by atoms with Crippen LogP contribution in [-0.4, -0.2) is 29.4 Å². The molecule has 1 atom stereocenters. The van der Waals surface area contributed by atoms with Gasteiger partial charge < -0.3 is 5.73 Å². The van der Waals surface area contributed by atoms with Gasteiger partial charge in [0.25, 0.3) is 0 Å². The average Bonchev–Trinajstić information content (AvgIpc) is 2.87. The fraction of sp³-hybridized carbons (Fsp3) is 0.667. The van der Waals surface area contributed by atoms with Crippen LogP contribution in [0.2, 0.25) is 0 Å². The molecule has 12 heavy (non-hydrogen) atoms. The fourth-order valence-corrected chi connectivity index (χ4v) is 1.77. The summed E-state index contributed by atoms with van der Waals surface area (Å²) in [6.45, 7) is 0.995. The fourth-order valence-electron chi connectivity index (χ4n) is 1.77. The van der Waals surface area contributed by atoms with Crippen molar-refractivity contribution in [3.8, 4) is 0 Å². The van der Waals surface area contributed by atoms with Gasteiger partial charge in [0.1, 0.15) is 6.04 Å². The molecule has 0 aromatic rings. The highest BCUT2D eigenvalue weighted by atomic mass is 16.1. The lowest BCUT2D eigenvalue weighted by atomic mass is 10.1. The van der Waals surface area contributed by atoms with Crippen LogP contribution in [0.1, 0.15) is 19.3 Å². The summed E-state index contributed by atoms with van der Waals surface area (Å²) >= 11 is 0. The normalized spacial score (nSPS) is 30.5. The van der Waals surface area contributed by atoms with Crippen molar-refractivity contribution in [2.24, 2.45) is 5.73 Å². The van der Waals surface area contributed by atoms with E-state index in [9.17, 15) is 4.79 Å². The number of hydrogen-bond donors (Lipinski definition) is 1. The van der Waals surface area contributed by atoms with Gasteiger partial charge in [-0.2, -0.15) is 0 Å². The van der Waals surface area contributed by atoms with Crippen molar-refractivity contribution in [3.63, 3.8) is 0 Å². The van der Waals surface area contributed by atoms with Crippen LogP contribution >= 0.6 is 0 Å². The number of amides is 1. The molecule has 0 aromatic heterocycles. The zero-order valence-electron chi connectivity index (χ0n) is 7.07. The molecule has 0 radical (unpaired) electrons. The second kappa shape index (κ2) is 2.90. The first-order valence-corrected chi connectivity index (χ1v) is 4.51. The first kappa shape index (κ1) is 7.80. The van der Waals surface area contributed by atoms with Crippen LogP contribution in [0.15, 0.2) is 12.2 Å². The number of carbonyl (C=O) groups excluding carboxylic acids is 1. The second-order valence-electron chi connectivity index (χ2n) is 3.53. The minimum Gasteiger partial charge on any atom is -0.368 e. The first-order valence-electron chi connectivity index (χ1n) is 4.51. The van der Waals surface area contributed by atoms with Gasteiger partial charge in [0.2, 0.25) is 5.91 Å². The van der Waals surface area contributed by atoms with E-state index in [1.54, 1.807) is 0 Å². The van der Waals surface area contributed by atoms with Crippen LogP contribution in [0.4, 0.5) is 0 Å². The maximum Gasteiger partial charge on any atom is 0.238 e. The van der Waals surface area contributed by atoms with Gasteiger partial charge in [0.05, 0.1) is 0 Å². The summed E-state index contributed by atoms with van der Waals surface area (Å²) in [4.78, 5) is 13.3. The smallest absolute Gasteiger partial charge is 0.238 e. The molecule has 1 fully saturated rings. The van der Waals surface area contributed by atoms with E-state index < -0.39 is 0 Å². The number of carbonyl (C=O) groups is 1. The molecule has 3 heteroatoms. The van der Waals surface area contributed by atoms with E-state index in [-0.39, 0.29) is 11.9 Å². The number of rotatable bonds is 2. The van der Waals surface area contributed by atoms with E-state index in [2.05, 4.69) is 4.90 Å². The third-order valence-electron chi connectivity index (χ3n) is 2.54. The third-order valence-corrected chi connectivity index (χ3v) is 2.54. The van der Waals surface area contributed by atoms with E-state index in [1.807, 2.05) is 12.2 Å². The number of primary amides is 1. The lowest BCUT2D eigenvalue weighted by Gasteiger charge is -2.29. The lowest BCUT2D eigenvalue weighted by molar-refractivity contribution is -0.122. The van der Waals surface area contributed by atoms with Gasteiger partial charge in [-0.05, 0) is 19.3 Å². The van der Waals surface area contributed by atoms with Gasteiger partial charge in [-0.25, -0.2) is 0 Å². The van der Waals surface area contributed by atoms with Crippen LogP contribution < -0.4 is 5.73 Å². The Morgan fingerprint density at radius 1 is 1.50 bits per heavy atom. The van der Waals surface area contributed by atoms with Crippen molar-refractivity contribution in [1.29, 1.82) is 0 Å². The Bertz CT molecular complexity index is 221. The Labute approximate surface area is 72.2 Å². The summed E-state index contributed by atoms with van der Waals surface area (Å²) in [6.07, 6.45) is 7.51.